The fraction of sp³-hybridized carbons (Fsp3) is 0.250. The van der Waals surface area contributed by atoms with E-state index in [1.807, 2.05) is 0 Å². The molecule has 0 fully saturated rings. The lowest BCUT2D eigenvalue weighted by molar-refractivity contribution is 0.609. The van der Waals surface area contributed by atoms with Crippen LogP contribution in [0.1, 0.15) is 0 Å². The van der Waals surface area contributed by atoms with Crippen molar-refractivity contribution in [1.82, 2.24) is 0 Å². The molecule has 0 radical (unpaired) electrons. The van der Waals surface area contributed by atoms with Crippen molar-refractivity contribution in [2.45, 2.75) is 0 Å². The molecule has 0 spiro atoms. The maximum Gasteiger partial charge on any atom is 0.204 e. The number of rotatable bonds is 1. The Balaban J connectivity index is 5.10. The van der Waals surface area contributed by atoms with E-state index in [-0.39, 0.29) is 0 Å². The first-order chi connectivity index (χ1) is 4.02. The van der Waals surface area contributed by atoms with Gasteiger partial charge in [0.25, 0.3) is 0 Å². The van der Waals surface area contributed by atoms with Crippen molar-refractivity contribution in [2.75, 3.05) is 6.26 Å². The first kappa shape index (κ1) is 7.89. The van der Waals surface area contributed by atoms with Gasteiger partial charge in [-0.2, -0.15) is 5.26 Å². The van der Waals surface area contributed by atoms with Crippen LogP contribution in [0.25, 0.3) is 0 Å². The topological polar surface area (TPSA) is 81.8 Å². The van der Waals surface area contributed by atoms with Crippen LogP contribution in [-0.4, -0.2) is 20.5 Å². The predicted octanol–water partition coefficient (Wildman–Crippen LogP) is -0.313. The summed E-state index contributed by atoms with van der Waals surface area (Å²) < 4.78 is 20.7. The van der Waals surface area contributed by atoms with Gasteiger partial charge < -0.3 is 0 Å². The largest absolute Gasteiger partial charge is 0.257 e. The van der Waals surface area contributed by atoms with Crippen LogP contribution in [0.15, 0.2) is 4.91 Å². The summed E-state index contributed by atoms with van der Waals surface area (Å²) in [6.45, 7) is 0. The molecule has 9 heavy (non-hydrogen) atoms. The van der Waals surface area contributed by atoms with Crippen LogP contribution in [0.5, 0.6) is 0 Å². The first-order valence-corrected chi connectivity index (χ1v) is 3.81. The maximum absolute atomic E-state index is 10.4. The minimum atomic E-state index is -3.51. The second kappa shape index (κ2) is 2.44. The van der Waals surface area contributed by atoms with Crippen molar-refractivity contribution in [3.63, 3.8) is 0 Å². The van der Waals surface area contributed by atoms with Gasteiger partial charge in [-0.3, -0.25) is 5.41 Å². The number of sulfone groups is 1. The Labute approximate surface area is 52.8 Å². The summed E-state index contributed by atoms with van der Waals surface area (Å²) >= 11 is 0. The lowest BCUT2D eigenvalue weighted by atomic mass is 10.7. The van der Waals surface area contributed by atoms with Gasteiger partial charge in [0.2, 0.25) is 4.91 Å². The minimum Gasteiger partial charge on any atom is -0.257 e. The zero-order valence-corrected chi connectivity index (χ0v) is 5.49. The van der Waals surface area contributed by atoms with Crippen LogP contribution in [0, 0.1) is 16.7 Å². The van der Waals surface area contributed by atoms with Crippen molar-refractivity contribution in [3.8, 4) is 6.07 Å². The van der Waals surface area contributed by atoms with Gasteiger partial charge in [0.1, 0.15) is 6.07 Å². The number of hydrogen-bond acceptors (Lipinski definition) is 4. The highest BCUT2D eigenvalue weighted by atomic mass is 32.2. The van der Waals surface area contributed by atoms with Gasteiger partial charge in [-0.05, 0) is 0 Å². The fourth-order valence-corrected chi connectivity index (χ4v) is 0.555. The Hall–Kier alpha value is -1.11. The summed E-state index contributed by atoms with van der Waals surface area (Å²) in [6, 6.07) is 1.32. The number of nitrogens with one attached hydrogen (secondary N) is 1. The molecule has 0 aromatic carbocycles. The van der Waals surface area contributed by atoms with E-state index in [0.717, 1.165) is 6.26 Å². The lowest BCUT2D eigenvalue weighted by Crippen LogP contribution is -1.98. The van der Waals surface area contributed by atoms with Crippen LogP contribution >= 0.6 is 0 Å². The number of nitrogens with zero attached hydrogens (tertiary/aromatic N) is 1. The quantitative estimate of drug-likeness (QED) is 0.404. The van der Waals surface area contributed by atoms with Gasteiger partial charge in [0, 0.05) is 12.1 Å². The van der Waals surface area contributed by atoms with E-state index in [4.69, 9.17) is 10.7 Å². The standard InChI is InChI=1S/C4H4N2O2S/c1-9(7,8)4(2-5)3-6/h5H,1H3. The molecule has 0 heterocycles. The third-order valence-corrected chi connectivity index (χ3v) is 1.52. The molecule has 0 saturated carbocycles. The summed E-state index contributed by atoms with van der Waals surface area (Å²) in [5, 5.41) is 14.3. The van der Waals surface area contributed by atoms with E-state index < -0.39 is 14.7 Å². The van der Waals surface area contributed by atoms with Crippen LogP contribution in [0.3, 0.4) is 0 Å². The number of allylic oxidation sites excluding steroid dienone is 1. The molecular formula is C4H4N2O2S. The van der Waals surface area contributed by atoms with E-state index in [2.05, 4.69) is 0 Å². The summed E-state index contributed by atoms with van der Waals surface area (Å²) in [6.07, 6.45) is 0.854. The molecule has 0 aliphatic rings. The smallest absolute Gasteiger partial charge is 0.204 e. The molecule has 48 valence electrons. The van der Waals surface area contributed by atoms with Gasteiger partial charge >= 0.3 is 0 Å². The van der Waals surface area contributed by atoms with Gasteiger partial charge in [-0.25, -0.2) is 8.42 Å². The minimum absolute atomic E-state index is 0.637. The van der Waals surface area contributed by atoms with Gasteiger partial charge in [-0.15, -0.1) is 0 Å². The second-order valence-electron chi connectivity index (χ2n) is 1.34. The first-order valence-electron chi connectivity index (χ1n) is 1.92. The van der Waals surface area contributed by atoms with Crippen LogP contribution < -0.4 is 0 Å². The highest BCUT2D eigenvalue weighted by Crippen LogP contribution is 1.94. The highest BCUT2D eigenvalue weighted by molar-refractivity contribution is 7.95. The Bertz CT molecular complexity index is 289. The molecule has 0 rings (SSSR count). The number of nitriles is 1. The van der Waals surface area contributed by atoms with Crippen molar-refractivity contribution in [1.29, 1.82) is 10.7 Å². The average Bonchev–Trinajstić information content (AvgIpc) is 1.65. The van der Waals surface area contributed by atoms with Gasteiger partial charge in [0.15, 0.2) is 9.84 Å². The zero-order valence-electron chi connectivity index (χ0n) is 4.67. The molecule has 1 N–H and O–H groups in total. The van der Waals surface area contributed by atoms with Crippen LogP contribution in [0.2, 0.25) is 0 Å². The molecule has 0 aromatic rings. The molecule has 0 aliphatic carbocycles. The molecule has 0 saturated heterocycles. The third kappa shape index (κ3) is 2.08. The maximum atomic E-state index is 10.4. The van der Waals surface area contributed by atoms with Crippen molar-refractivity contribution in [3.05, 3.63) is 4.91 Å². The summed E-state index contributed by atoms with van der Waals surface area (Å²) in [5.74, 6) is 1.51. The molecule has 0 amide bonds. The van der Waals surface area contributed by atoms with Crippen molar-refractivity contribution in [2.24, 2.45) is 0 Å². The summed E-state index contributed by atoms with van der Waals surface area (Å²) in [4.78, 5) is -0.637. The van der Waals surface area contributed by atoms with Crippen LogP contribution in [-0.2, 0) is 9.84 Å². The molecule has 5 heteroatoms. The van der Waals surface area contributed by atoms with E-state index in [9.17, 15) is 8.42 Å². The Morgan fingerprint density at radius 3 is 2.11 bits per heavy atom. The monoisotopic (exact) mass is 144 g/mol. The van der Waals surface area contributed by atoms with Crippen molar-refractivity contribution >= 4 is 15.7 Å². The SMILES string of the molecule is CS(=O)(=O)C(=C=N)C#N. The normalized spacial score (nSPS) is 9.33. The number of hydrogen-bond donors (Lipinski definition) is 1. The zero-order chi connectivity index (χ0) is 7.49. The van der Waals surface area contributed by atoms with Crippen molar-refractivity contribution < 1.29 is 8.42 Å². The summed E-state index contributed by atoms with van der Waals surface area (Å²) in [5.41, 5.74) is 0. The van der Waals surface area contributed by atoms with E-state index >= 15 is 0 Å². The molecule has 0 aromatic heterocycles. The highest BCUT2D eigenvalue weighted by Gasteiger charge is 2.08. The Kier molecular flexibility index (Phi) is 2.14. The second-order valence-corrected chi connectivity index (χ2v) is 3.29. The van der Waals surface area contributed by atoms with Crippen LogP contribution in [0.4, 0.5) is 0 Å². The van der Waals surface area contributed by atoms with Gasteiger partial charge in [-0.1, -0.05) is 0 Å². The van der Waals surface area contributed by atoms with E-state index in [0.29, 0.717) is 0 Å². The third-order valence-electron chi connectivity index (χ3n) is 0.586. The molecule has 0 unspecified atom stereocenters. The Morgan fingerprint density at radius 2 is 2.11 bits per heavy atom. The summed E-state index contributed by atoms with van der Waals surface area (Å²) in [7, 11) is -3.51. The molecule has 4 nitrogen and oxygen atoms in total. The van der Waals surface area contributed by atoms with Gasteiger partial charge in [0.05, 0.1) is 0 Å². The molecule has 0 aliphatic heterocycles. The Morgan fingerprint density at radius 1 is 1.67 bits per heavy atom. The van der Waals surface area contributed by atoms with E-state index in [1.54, 1.807) is 0 Å². The molecule has 0 atom stereocenters. The molecular weight excluding hydrogens is 140 g/mol. The molecule has 0 bridgehead atoms. The lowest BCUT2D eigenvalue weighted by Gasteiger charge is -1.83. The predicted molar refractivity (Wildman–Crippen MR) is 31.7 cm³/mol. The average molecular weight is 144 g/mol. The van der Waals surface area contributed by atoms with E-state index in [1.165, 1.54) is 11.9 Å². The fourth-order valence-electron chi connectivity index (χ4n) is 0.204.